The van der Waals surface area contributed by atoms with Gasteiger partial charge in [-0.25, -0.2) is 4.39 Å². The molecule has 0 fully saturated rings. The summed E-state index contributed by atoms with van der Waals surface area (Å²) in [5.74, 6) is -1.84. The highest BCUT2D eigenvalue weighted by Crippen LogP contribution is 2.32. The Bertz CT molecular complexity index is 1100. The van der Waals surface area contributed by atoms with Gasteiger partial charge in [-0.15, -0.1) is 0 Å². The summed E-state index contributed by atoms with van der Waals surface area (Å²) >= 11 is 0. The number of carbonyl (C=O) groups excluding carboxylic acids is 1. The van der Waals surface area contributed by atoms with Crippen molar-refractivity contribution in [3.63, 3.8) is 0 Å². The van der Waals surface area contributed by atoms with Crippen molar-refractivity contribution in [1.82, 2.24) is 4.98 Å². The standard InChI is InChI=1S/C25H27FN2O5/c1-15-23(16-7-9-17(26)10-8-16)21(12-11-19(29)13-20(30)14-22(31)32)28-24(15)25(33)27-18-5-3-2-4-6-18/h2-10,19-20,28-30H,11-14H2,1H3,(H,27,33)(H,31,32)/t19-,20-/m1/s1. The molecule has 2 aromatic carbocycles. The lowest BCUT2D eigenvalue weighted by atomic mass is 9.97. The zero-order valence-electron chi connectivity index (χ0n) is 18.2. The maximum atomic E-state index is 13.5. The summed E-state index contributed by atoms with van der Waals surface area (Å²) in [7, 11) is 0. The molecule has 0 radical (unpaired) electrons. The highest BCUT2D eigenvalue weighted by atomic mass is 19.1. The van der Waals surface area contributed by atoms with Gasteiger partial charge in [0.25, 0.3) is 5.91 Å². The fraction of sp³-hybridized carbons (Fsp3) is 0.280. The van der Waals surface area contributed by atoms with E-state index in [0.29, 0.717) is 29.1 Å². The minimum atomic E-state index is -1.15. The van der Waals surface area contributed by atoms with E-state index in [9.17, 15) is 24.2 Å². The number of para-hydroxylation sites is 1. The molecule has 8 heteroatoms. The molecule has 33 heavy (non-hydrogen) atoms. The van der Waals surface area contributed by atoms with E-state index in [2.05, 4.69) is 10.3 Å². The van der Waals surface area contributed by atoms with E-state index in [4.69, 9.17) is 5.11 Å². The average molecular weight is 454 g/mol. The fourth-order valence-electron chi connectivity index (χ4n) is 3.82. The third kappa shape index (κ3) is 6.50. The van der Waals surface area contributed by atoms with Crippen LogP contribution in [0.2, 0.25) is 0 Å². The minimum Gasteiger partial charge on any atom is -0.481 e. The van der Waals surface area contributed by atoms with Crippen LogP contribution in [-0.2, 0) is 11.2 Å². The first-order chi connectivity index (χ1) is 15.7. The topological polar surface area (TPSA) is 123 Å². The molecule has 0 aliphatic rings. The zero-order chi connectivity index (χ0) is 24.0. The molecule has 1 heterocycles. The highest BCUT2D eigenvalue weighted by Gasteiger charge is 2.22. The number of benzene rings is 2. The first-order valence-corrected chi connectivity index (χ1v) is 10.7. The summed E-state index contributed by atoms with van der Waals surface area (Å²) in [6.45, 7) is 1.80. The van der Waals surface area contributed by atoms with Crippen molar-refractivity contribution in [2.75, 3.05) is 5.32 Å². The largest absolute Gasteiger partial charge is 0.481 e. The number of aliphatic hydroxyl groups excluding tert-OH is 2. The second-order valence-corrected chi connectivity index (χ2v) is 7.99. The van der Waals surface area contributed by atoms with E-state index in [1.54, 1.807) is 31.2 Å². The van der Waals surface area contributed by atoms with Gasteiger partial charge in [-0.3, -0.25) is 9.59 Å². The summed E-state index contributed by atoms with van der Waals surface area (Å²) in [4.78, 5) is 26.8. The van der Waals surface area contributed by atoms with Gasteiger partial charge in [0.05, 0.1) is 18.6 Å². The lowest BCUT2D eigenvalue weighted by molar-refractivity contribution is -0.139. The van der Waals surface area contributed by atoms with Crippen LogP contribution in [0, 0.1) is 12.7 Å². The molecule has 0 aliphatic carbocycles. The summed E-state index contributed by atoms with van der Waals surface area (Å²) in [5.41, 5.74) is 3.83. The van der Waals surface area contributed by atoms with Crippen LogP contribution < -0.4 is 5.32 Å². The average Bonchev–Trinajstić information content (AvgIpc) is 3.09. The number of H-pyrrole nitrogens is 1. The third-order valence-corrected chi connectivity index (χ3v) is 5.40. The van der Waals surface area contributed by atoms with E-state index in [0.717, 1.165) is 11.1 Å². The van der Waals surface area contributed by atoms with Crippen molar-refractivity contribution in [3.05, 3.63) is 77.4 Å². The molecule has 1 aromatic heterocycles. The number of aromatic amines is 1. The van der Waals surface area contributed by atoms with Gasteiger partial charge in [0, 0.05) is 16.9 Å². The van der Waals surface area contributed by atoms with Gasteiger partial charge in [-0.1, -0.05) is 30.3 Å². The Morgan fingerprint density at radius 2 is 1.70 bits per heavy atom. The smallest absolute Gasteiger partial charge is 0.305 e. The van der Waals surface area contributed by atoms with E-state index in [1.807, 2.05) is 18.2 Å². The Labute approximate surface area is 190 Å². The maximum absolute atomic E-state index is 13.5. The molecule has 3 rings (SSSR count). The van der Waals surface area contributed by atoms with Crippen LogP contribution in [0.15, 0.2) is 54.6 Å². The second-order valence-electron chi connectivity index (χ2n) is 7.99. The number of carboxylic acids is 1. The molecule has 1 amide bonds. The number of aliphatic carboxylic acids is 1. The number of carboxylic acid groups (broad SMARTS) is 1. The summed E-state index contributed by atoms with van der Waals surface area (Å²) in [6, 6.07) is 15.0. The Hall–Kier alpha value is -3.49. The first kappa shape index (κ1) is 24.2. The Balaban J connectivity index is 1.84. The fourth-order valence-corrected chi connectivity index (χ4v) is 3.82. The monoisotopic (exact) mass is 454 g/mol. The number of halogens is 1. The van der Waals surface area contributed by atoms with E-state index in [-0.39, 0.29) is 24.6 Å². The number of amides is 1. The van der Waals surface area contributed by atoms with Gasteiger partial charge < -0.3 is 25.6 Å². The summed E-state index contributed by atoms with van der Waals surface area (Å²) in [5, 5.41) is 31.7. The highest BCUT2D eigenvalue weighted by molar-refractivity contribution is 6.05. The van der Waals surface area contributed by atoms with Crippen LogP contribution in [0.3, 0.4) is 0 Å². The number of aryl methyl sites for hydroxylation is 1. The minimum absolute atomic E-state index is 0.0702. The van der Waals surface area contributed by atoms with Crippen molar-refractivity contribution in [3.8, 4) is 11.1 Å². The SMILES string of the molecule is Cc1c(C(=O)Nc2ccccc2)[nH]c(CC[C@@H](O)C[C@@H](O)CC(=O)O)c1-c1ccc(F)cc1. The van der Waals surface area contributed by atoms with Gasteiger partial charge in [0.15, 0.2) is 0 Å². The molecule has 0 bridgehead atoms. The first-order valence-electron chi connectivity index (χ1n) is 10.7. The molecule has 2 atom stereocenters. The lowest BCUT2D eigenvalue weighted by Crippen LogP contribution is -2.21. The molecule has 3 aromatic rings. The lowest BCUT2D eigenvalue weighted by Gasteiger charge is -2.14. The van der Waals surface area contributed by atoms with Crippen molar-refractivity contribution in [2.24, 2.45) is 0 Å². The number of rotatable bonds is 10. The number of carbonyl (C=O) groups is 2. The molecule has 0 saturated heterocycles. The molecule has 0 saturated carbocycles. The number of hydrogen-bond donors (Lipinski definition) is 5. The Kier molecular flexibility index (Phi) is 7.97. The molecular formula is C25H27FN2O5. The third-order valence-electron chi connectivity index (χ3n) is 5.40. The molecule has 0 aliphatic heterocycles. The molecule has 0 spiro atoms. The predicted octanol–water partition coefficient (Wildman–Crippen LogP) is 3.90. The van der Waals surface area contributed by atoms with Crippen molar-refractivity contribution >= 4 is 17.6 Å². The Morgan fingerprint density at radius 1 is 1.03 bits per heavy atom. The molecular weight excluding hydrogens is 427 g/mol. The van der Waals surface area contributed by atoms with Gasteiger partial charge in [0.2, 0.25) is 0 Å². The van der Waals surface area contributed by atoms with Crippen LogP contribution in [-0.4, -0.2) is 44.4 Å². The van der Waals surface area contributed by atoms with Crippen LogP contribution in [0.5, 0.6) is 0 Å². The van der Waals surface area contributed by atoms with Crippen LogP contribution >= 0.6 is 0 Å². The molecule has 7 nitrogen and oxygen atoms in total. The van der Waals surface area contributed by atoms with Crippen molar-refractivity contribution in [2.45, 2.75) is 44.8 Å². The Morgan fingerprint density at radius 3 is 2.33 bits per heavy atom. The van der Waals surface area contributed by atoms with Gasteiger partial charge in [0.1, 0.15) is 11.5 Å². The van der Waals surface area contributed by atoms with Crippen LogP contribution in [0.25, 0.3) is 11.1 Å². The predicted molar refractivity (Wildman–Crippen MR) is 123 cm³/mol. The van der Waals surface area contributed by atoms with E-state index < -0.39 is 24.6 Å². The number of aliphatic hydroxyl groups is 2. The second kappa shape index (κ2) is 10.9. The van der Waals surface area contributed by atoms with Gasteiger partial charge >= 0.3 is 5.97 Å². The van der Waals surface area contributed by atoms with Crippen molar-refractivity contribution in [1.29, 1.82) is 0 Å². The molecule has 0 unspecified atom stereocenters. The molecule has 5 N–H and O–H groups in total. The maximum Gasteiger partial charge on any atom is 0.305 e. The van der Waals surface area contributed by atoms with Gasteiger partial charge in [-0.05, 0) is 61.6 Å². The summed E-state index contributed by atoms with van der Waals surface area (Å²) in [6.07, 6.45) is -2.00. The quantitative estimate of drug-likeness (QED) is 0.318. The number of nitrogens with one attached hydrogen (secondary N) is 2. The van der Waals surface area contributed by atoms with E-state index in [1.165, 1.54) is 12.1 Å². The van der Waals surface area contributed by atoms with Crippen LogP contribution in [0.4, 0.5) is 10.1 Å². The number of anilines is 1. The number of aromatic nitrogens is 1. The number of hydrogen-bond acceptors (Lipinski definition) is 4. The van der Waals surface area contributed by atoms with Crippen LogP contribution in [0.1, 0.15) is 41.0 Å². The molecule has 174 valence electrons. The zero-order valence-corrected chi connectivity index (χ0v) is 18.2. The van der Waals surface area contributed by atoms with Gasteiger partial charge in [-0.2, -0.15) is 0 Å². The summed E-state index contributed by atoms with van der Waals surface area (Å²) < 4.78 is 13.5. The van der Waals surface area contributed by atoms with E-state index >= 15 is 0 Å². The normalized spacial score (nSPS) is 12.8. The van der Waals surface area contributed by atoms with Crippen molar-refractivity contribution < 1.29 is 29.3 Å².